The Morgan fingerprint density at radius 3 is 2.60 bits per heavy atom. The molecule has 1 rings (SSSR count). The second kappa shape index (κ2) is 4.96. The van der Waals surface area contributed by atoms with E-state index in [4.69, 9.17) is 0 Å². The number of carboxylic acids is 1. The Hall–Kier alpha value is -1.31. The third kappa shape index (κ3) is 3.39. The lowest BCUT2D eigenvalue weighted by Crippen LogP contribution is -2.22. The molecule has 0 N–H and O–H groups in total. The number of aliphatic carboxylic acids is 1. The molecular weight excluding hydrogens is 188 g/mol. The molecule has 15 heavy (non-hydrogen) atoms. The van der Waals surface area contributed by atoms with Crippen molar-refractivity contribution in [3.05, 3.63) is 34.9 Å². The van der Waals surface area contributed by atoms with Crippen LogP contribution in [0.1, 0.15) is 42.9 Å². The average molecular weight is 205 g/mol. The van der Waals surface area contributed by atoms with E-state index >= 15 is 0 Å². The molecule has 0 unspecified atom stereocenters. The van der Waals surface area contributed by atoms with Crippen molar-refractivity contribution in [2.24, 2.45) is 0 Å². The summed E-state index contributed by atoms with van der Waals surface area (Å²) in [5.74, 6) is -0.503. The van der Waals surface area contributed by atoms with E-state index < -0.39 is 5.97 Å². The zero-order valence-corrected chi connectivity index (χ0v) is 9.54. The van der Waals surface area contributed by atoms with E-state index in [0.29, 0.717) is 12.3 Å². The first-order valence-corrected chi connectivity index (χ1v) is 5.30. The van der Waals surface area contributed by atoms with Crippen molar-refractivity contribution < 1.29 is 9.90 Å². The molecule has 0 amide bonds. The Labute approximate surface area is 90.9 Å². The number of aryl methyl sites for hydroxylation is 2. The fourth-order valence-electron chi connectivity index (χ4n) is 1.56. The minimum Gasteiger partial charge on any atom is -0.550 e. The number of rotatable bonds is 4. The first-order chi connectivity index (χ1) is 7.00. The molecule has 0 atom stereocenters. The second-order valence-corrected chi connectivity index (χ2v) is 4.21. The summed E-state index contributed by atoms with van der Waals surface area (Å²) in [5.41, 5.74) is 3.53. The lowest BCUT2D eigenvalue weighted by atomic mass is 9.96. The Bertz CT molecular complexity index is 354. The topological polar surface area (TPSA) is 40.1 Å². The fourth-order valence-corrected chi connectivity index (χ4v) is 1.56. The van der Waals surface area contributed by atoms with Gasteiger partial charge in [-0.25, -0.2) is 0 Å². The molecule has 2 heteroatoms. The van der Waals surface area contributed by atoms with Gasteiger partial charge < -0.3 is 9.90 Å². The summed E-state index contributed by atoms with van der Waals surface area (Å²) in [6.07, 6.45) is 0.664. The van der Waals surface area contributed by atoms with E-state index in [9.17, 15) is 9.90 Å². The SMILES string of the molecule is Cc1ccc(C(C)C)cc1CCC(=O)[O-]. The highest BCUT2D eigenvalue weighted by atomic mass is 16.4. The van der Waals surface area contributed by atoms with Gasteiger partial charge in [-0.05, 0) is 42.4 Å². The summed E-state index contributed by atoms with van der Waals surface area (Å²) in [7, 11) is 0. The highest BCUT2D eigenvalue weighted by Gasteiger charge is 2.03. The monoisotopic (exact) mass is 205 g/mol. The standard InChI is InChI=1S/C13H18O2/c1-9(2)11-5-4-10(3)12(8-11)6-7-13(14)15/h4-5,8-9H,6-7H2,1-3H3,(H,14,15)/p-1. The maximum atomic E-state index is 10.4. The Morgan fingerprint density at radius 2 is 2.07 bits per heavy atom. The molecule has 0 fully saturated rings. The van der Waals surface area contributed by atoms with Crippen LogP contribution in [0.5, 0.6) is 0 Å². The maximum Gasteiger partial charge on any atom is 0.0417 e. The van der Waals surface area contributed by atoms with Crippen molar-refractivity contribution in [3.63, 3.8) is 0 Å². The lowest BCUT2D eigenvalue weighted by Gasteiger charge is -2.11. The fraction of sp³-hybridized carbons (Fsp3) is 0.462. The molecule has 0 aliphatic rings. The van der Waals surface area contributed by atoms with Crippen LogP contribution in [0, 0.1) is 6.92 Å². The number of carbonyl (C=O) groups is 1. The maximum absolute atomic E-state index is 10.4. The summed E-state index contributed by atoms with van der Waals surface area (Å²) in [6.45, 7) is 6.27. The Balaban J connectivity index is 2.85. The van der Waals surface area contributed by atoms with E-state index in [1.165, 1.54) is 5.56 Å². The summed E-state index contributed by atoms with van der Waals surface area (Å²) >= 11 is 0. The van der Waals surface area contributed by atoms with Crippen molar-refractivity contribution in [1.82, 2.24) is 0 Å². The summed E-state index contributed by atoms with van der Waals surface area (Å²) in [5, 5.41) is 10.4. The molecule has 0 aliphatic carbocycles. The first-order valence-electron chi connectivity index (χ1n) is 5.30. The number of carbonyl (C=O) groups excluding carboxylic acids is 1. The van der Waals surface area contributed by atoms with E-state index in [-0.39, 0.29) is 6.42 Å². The van der Waals surface area contributed by atoms with E-state index in [2.05, 4.69) is 32.0 Å². The molecule has 0 bridgehead atoms. The molecule has 0 heterocycles. The van der Waals surface area contributed by atoms with Crippen LogP contribution >= 0.6 is 0 Å². The predicted molar refractivity (Wildman–Crippen MR) is 58.6 cm³/mol. The number of benzene rings is 1. The van der Waals surface area contributed by atoms with Gasteiger partial charge in [-0.1, -0.05) is 32.0 Å². The second-order valence-electron chi connectivity index (χ2n) is 4.21. The van der Waals surface area contributed by atoms with Gasteiger partial charge in [0.05, 0.1) is 0 Å². The molecule has 2 nitrogen and oxygen atoms in total. The quantitative estimate of drug-likeness (QED) is 0.752. The van der Waals surface area contributed by atoms with Gasteiger partial charge >= 0.3 is 0 Å². The van der Waals surface area contributed by atoms with Gasteiger partial charge in [-0.3, -0.25) is 0 Å². The van der Waals surface area contributed by atoms with Crippen LogP contribution in [0.15, 0.2) is 18.2 Å². The van der Waals surface area contributed by atoms with Crippen LogP contribution in [-0.2, 0) is 11.2 Å². The van der Waals surface area contributed by atoms with Crippen molar-refractivity contribution >= 4 is 5.97 Å². The van der Waals surface area contributed by atoms with Crippen LogP contribution < -0.4 is 5.11 Å². The van der Waals surface area contributed by atoms with Gasteiger partial charge in [0, 0.05) is 5.97 Å². The molecule has 0 aliphatic heterocycles. The van der Waals surface area contributed by atoms with Crippen LogP contribution in [0.25, 0.3) is 0 Å². The van der Waals surface area contributed by atoms with Crippen molar-refractivity contribution in [2.45, 2.75) is 39.5 Å². The van der Waals surface area contributed by atoms with E-state index in [1.54, 1.807) is 0 Å². The van der Waals surface area contributed by atoms with Crippen molar-refractivity contribution in [3.8, 4) is 0 Å². The summed E-state index contributed by atoms with van der Waals surface area (Å²) in [4.78, 5) is 10.4. The Kier molecular flexibility index (Phi) is 3.89. The third-order valence-electron chi connectivity index (χ3n) is 2.64. The molecule has 0 radical (unpaired) electrons. The van der Waals surface area contributed by atoms with Gasteiger partial charge in [0.2, 0.25) is 0 Å². The smallest absolute Gasteiger partial charge is 0.0417 e. The molecule has 0 spiro atoms. The minimum absolute atomic E-state index is 0.0996. The Morgan fingerprint density at radius 1 is 1.40 bits per heavy atom. The third-order valence-corrected chi connectivity index (χ3v) is 2.64. The van der Waals surface area contributed by atoms with Crippen LogP contribution in [0.4, 0.5) is 0 Å². The molecule has 0 aromatic heterocycles. The largest absolute Gasteiger partial charge is 0.550 e. The van der Waals surface area contributed by atoms with Crippen LogP contribution in [0.2, 0.25) is 0 Å². The van der Waals surface area contributed by atoms with Crippen molar-refractivity contribution in [1.29, 1.82) is 0 Å². The van der Waals surface area contributed by atoms with Gasteiger partial charge in [0.15, 0.2) is 0 Å². The molecular formula is C13H17O2-. The summed E-state index contributed by atoms with van der Waals surface area (Å²) in [6, 6.07) is 6.26. The van der Waals surface area contributed by atoms with Gasteiger partial charge in [0.25, 0.3) is 0 Å². The number of hydrogen-bond donors (Lipinski definition) is 0. The number of carboxylic acid groups (broad SMARTS) is 1. The van der Waals surface area contributed by atoms with Gasteiger partial charge in [-0.15, -0.1) is 0 Å². The van der Waals surface area contributed by atoms with Crippen LogP contribution in [-0.4, -0.2) is 5.97 Å². The molecule has 0 saturated heterocycles. The first kappa shape index (κ1) is 11.8. The lowest BCUT2D eigenvalue weighted by molar-refractivity contribution is -0.305. The zero-order chi connectivity index (χ0) is 11.4. The van der Waals surface area contributed by atoms with Gasteiger partial charge in [-0.2, -0.15) is 0 Å². The number of hydrogen-bond acceptors (Lipinski definition) is 2. The highest BCUT2D eigenvalue weighted by molar-refractivity contribution is 5.64. The van der Waals surface area contributed by atoms with E-state index in [1.807, 2.05) is 6.92 Å². The molecule has 1 aromatic rings. The summed E-state index contributed by atoms with van der Waals surface area (Å²) < 4.78 is 0. The predicted octanol–water partition coefficient (Wildman–Crippen LogP) is 1.80. The van der Waals surface area contributed by atoms with Gasteiger partial charge in [0.1, 0.15) is 0 Å². The minimum atomic E-state index is -0.982. The van der Waals surface area contributed by atoms with E-state index in [0.717, 1.165) is 11.1 Å². The molecule has 1 aromatic carbocycles. The molecule has 82 valence electrons. The highest BCUT2D eigenvalue weighted by Crippen LogP contribution is 2.19. The average Bonchev–Trinajstić information content (AvgIpc) is 2.16. The van der Waals surface area contributed by atoms with Crippen LogP contribution in [0.3, 0.4) is 0 Å². The normalized spacial score (nSPS) is 10.7. The van der Waals surface area contributed by atoms with Crippen molar-refractivity contribution in [2.75, 3.05) is 0 Å². The molecule has 0 saturated carbocycles. The zero-order valence-electron chi connectivity index (χ0n) is 9.54.